The number of thiophene rings is 1. The molecule has 7 heteroatoms. The van der Waals surface area contributed by atoms with Crippen molar-refractivity contribution in [1.29, 1.82) is 0 Å². The number of carbonyl (C=O) groups is 1. The van der Waals surface area contributed by atoms with Gasteiger partial charge in [-0.1, -0.05) is 36.4 Å². The fourth-order valence-electron chi connectivity index (χ4n) is 3.94. The summed E-state index contributed by atoms with van der Waals surface area (Å²) in [6.07, 6.45) is 1.31. The van der Waals surface area contributed by atoms with E-state index in [4.69, 9.17) is 4.42 Å². The van der Waals surface area contributed by atoms with Gasteiger partial charge >= 0.3 is 0 Å². The van der Waals surface area contributed by atoms with Gasteiger partial charge in [0.15, 0.2) is 17.8 Å². The Morgan fingerprint density at radius 2 is 1.75 bits per heavy atom. The molecule has 6 nitrogen and oxygen atoms in total. The van der Waals surface area contributed by atoms with Crippen LogP contribution in [0.1, 0.15) is 16.1 Å². The third kappa shape index (κ3) is 4.59. The monoisotopic (exact) mass is 444 g/mol. The number of amides is 1. The Kier molecular flexibility index (Phi) is 6.00. The summed E-state index contributed by atoms with van der Waals surface area (Å²) in [5.74, 6) is 0.229. The second-order valence-corrected chi connectivity index (χ2v) is 8.70. The number of aromatic nitrogens is 1. The average Bonchev–Trinajstić information content (AvgIpc) is 3.53. The van der Waals surface area contributed by atoms with E-state index in [0.29, 0.717) is 11.5 Å². The molecule has 3 heterocycles. The van der Waals surface area contributed by atoms with Crippen LogP contribution in [-0.2, 0) is 6.54 Å². The van der Waals surface area contributed by atoms with E-state index in [0.717, 1.165) is 43.3 Å². The third-order valence-corrected chi connectivity index (χ3v) is 6.51. The molecule has 0 saturated carbocycles. The summed E-state index contributed by atoms with van der Waals surface area (Å²) in [6, 6.07) is 22.4. The maximum absolute atomic E-state index is 12.7. The Morgan fingerprint density at radius 3 is 2.47 bits per heavy atom. The highest BCUT2D eigenvalue weighted by atomic mass is 32.1. The van der Waals surface area contributed by atoms with Crippen LogP contribution in [0, 0.1) is 0 Å². The van der Waals surface area contributed by atoms with Gasteiger partial charge in [-0.3, -0.25) is 9.69 Å². The van der Waals surface area contributed by atoms with Crippen LogP contribution in [0.4, 0.5) is 11.4 Å². The SMILES string of the molecule is O=C(Nc1ccc(N2CCN(Cc3ccccc3)CC2)cc1)c1ncoc1-c1cccs1. The zero-order valence-electron chi connectivity index (χ0n) is 17.6. The molecule has 2 aromatic carbocycles. The molecule has 162 valence electrons. The summed E-state index contributed by atoms with van der Waals surface area (Å²) in [5.41, 5.74) is 3.56. The normalized spacial score (nSPS) is 14.4. The first-order valence-corrected chi connectivity index (χ1v) is 11.5. The largest absolute Gasteiger partial charge is 0.442 e. The summed E-state index contributed by atoms with van der Waals surface area (Å²) < 4.78 is 5.44. The van der Waals surface area contributed by atoms with E-state index in [1.807, 2.05) is 29.6 Å². The lowest BCUT2D eigenvalue weighted by Crippen LogP contribution is -2.45. The van der Waals surface area contributed by atoms with Gasteiger partial charge in [-0.25, -0.2) is 4.98 Å². The summed E-state index contributed by atoms with van der Waals surface area (Å²) in [6.45, 7) is 5.04. The van der Waals surface area contributed by atoms with Gasteiger partial charge in [0.1, 0.15) is 0 Å². The number of rotatable bonds is 6. The maximum Gasteiger partial charge on any atom is 0.278 e. The van der Waals surface area contributed by atoms with E-state index in [1.165, 1.54) is 29.0 Å². The van der Waals surface area contributed by atoms with E-state index >= 15 is 0 Å². The van der Waals surface area contributed by atoms with E-state index in [9.17, 15) is 4.79 Å². The van der Waals surface area contributed by atoms with Gasteiger partial charge in [-0.05, 0) is 41.3 Å². The molecule has 32 heavy (non-hydrogen) atoms. The number of nitrogens with one attached hydrogen (secondary N) is 1. The molecule has 0 bridgehead atoms. The lowest BCUT2D eigenvalue weighted by molar-refractivity contribution is 0.102. The molecule has 1 N–H and O–H groups in total. The van der Waals surface area contributed by atoms with Crippen molar-refractivity contribution >= 4 is 28.6 Å². The molecular weight excluding hydrogens is 420 g/mol. The van der Waals surface area contributed by atoms with Crippen molar-refractivity contribution in [2.75, 3.05) is 36.4 Å². The van der Waals surface area contributed by atoms with Crippen LogP contribution in [0.3, 0.4) is 0 Å². The summed E-state index contributed by atoms with van der Waals surface area (Å²) in [7, 11) is 0. The smallest absolute Gasteiger partial charge is 0.278 e. The minimum atomic E-state index is -0.274. The van der Waals surface area contributed by atoms with Gasteiger partial charge in [0, 0.05) is 44.1 Å². The molecule has 5 rings (SSSR count). The molecular formula is C25H24N4O2S. The number of benzene rings is 2. The highest BCUT2D eigenvalue weighted by Crippen LogP contribution is 2.28. The second-order valence-electron chi connectivity index (χ2n) is 7.76. The van der Waals surface area contributed by atoms with Crippen LogP contribution < -0.4 is 10.2 Å². The second kappa shape index (κ2) is 9.38. The fraction of sp³-hybridized carbons (Fsp3) is 0.200. The average molecular weight is 445 g/mol. The molecule has 0 unspecified atom stereocenters. The molecule has 1 aliphatic heterocycles. The van der Waals surface area contributed by atoms with Crippen molar-refractivity contribution in [2.24, 2.45) is 0 Å². The van der Waals surface area contributed by atoms with Crippen molar-refractivity contribution in [3.05, 3.63) is 89.8 Å². The molecule has 1 aliphatic rings. The highest BCUT2D eigenvalue weighted by Gasteiger charge is 2.20. The Morgan fingerprint density at radius 1 is 0.969 bits per heavy atom. The number of anilines is 2. The lowest BCUT2D eigenvalue weighted by Gasteiger charge is -2.36. The quantitative estimate of drug-likeness (QED) is 0.455. The van der Waals surface area contributed by atoms with E-state index in [2.05, 4.69) is 62.6 Å². The van der Waals surface area contributed by atoms with Crippen LogP contribution in [0.25, 0.3) is 10.6 Å². The molecule has 1 saturated heterocycles. The number of oxazole rings is 1. The summed E-state index contributed by atoms with van der Waals surface area (Å²) in [4.78, 5) is 22.6. The number of piperazine rings is 1. The van der Waals surface area contributed by atoms with E-state index in [1.54, 1.807) is 0 Å². The molecule has 1 amide bonds. The topological polar surface area (TPSA) is 61.6 Å². The third-order valence-electron chi connectivity index (χ3n) is 5.64. The number of nitrogens with zero attached hydrogens (tertiary/aromatic N) is 3. The van der Waals surface area contributed by atoms with E-state index < -0.39 is 0 Å². The molecule has 2 aromatic heterocycles. The van der Waals surface area contributed by atoms with Gasteiger partial charge in [-0.15, -0.1) is 11.3 Å². The van der Waals surface area contributed by atoms with Crippen molar-refractivity contribution in [3.8, 4) is 10.6 Å². The Bertz CT molecular complexity index is 1150. The molecule has 0 radical (unpaired) electrons. The molecule has 1 fully saturated rings. The van der Waals surface area contributed by atoms with Gasteiger partial charge < -0.3 is 14.6 Å². The molecule has 4 aromatic rings. The van der Waals surface area contributed by atoms with E-state index in [-0.39, 0.29) is 5.91 Å². The van der Waals surface area contributed by atoms with Crippen LogP contribution >= 0.6 is 11.3 Å². The van der Waals surface area contributed by atoms with Crippen LogP contribution in [0.5, 0.6) is 0 Å². The highest BCUT2D eigenvalue weighted by molar-refractivity contribution is 7.13. The zero-order valence-corrected chi connectivity index (χ0v) is 18.4. The van der Waals surface area contributed by atoms with Crippen molar-refractivity contribution in [3.63, 3.8) is 0 Å². The standard InChI is InChI=1S/C25H24N4O2S/c30-25(23-24(31-18-26-23)22-7-4-16-32-22)27-20-8-10-21(11-9-20)29-14-12-28(13-15-29)17-19-5-2-1-3-6-19/h1-11,16,18H,12-15,17H2,(H,27,30). The Balaban J connectivity index is 1.17. The Labute approximate surface area is 191 Å². The van der Waals surface area contributed by atoms with Gasteiger partial charge in [-0.2, -0.15) is 0 Å². The fourth-order valence-corrected chi connectivity index (χ4v) is 4.65. The summed E-state index contributed by atoms with van der Waals surface area (Å²) in [5, 5.41) is 4.87. The number of hydrogen-bond donors (Lipinski definition) is 1. The van der Waals surface area contributed by atoms with Crippen LogP contribution in [0.15, 0.2) is 82.9 Å². The van der Waals surface area contributed by atoms with Gasteiger partial charge in [0.05, 0.1) is 4.88 Å². The van der Waals surface area contributed by atoms with Crippen molar-refractivity contribution in [1.82, 2.24) is 9.88 Å². The zero-order chi connectivity index (χ0) is 21.8. The first-order chi connectivity index (χ1) is 15.8. The van der Waals surface area contributed by atoms with Gasteiger partial charge in [0.25, 0.3) is 5.91 Å². The van der Waals surface area contributed by atoms with Crippen LogP contribution in [0.2, 0.25) is 0 Å². The first kappa shape index (κ1) is 20.5. The van der Waals surface area contributed by atoms with Crippen LogP contribution in [-0.4, -0.2) is 42.0 Å². The van der Waals surface area contributed by atoms with Crippen molar-refractivity contribution < 1.29 is 9.21 Å². The lowest BCUT2D eigenvalue weighted by atomic mass is 10.2. The Hall–Kier alpha value is -3.42. The molecule has 0 aliphatic carbocycles. The molecule has 0 atom stereocenters. The predicted octanol–water partition coefficient (Wildman–Crippen LogP) is 4.98. The van der Waals surface area contributed by atoms with Gasteiger partial charge in [0.2, 0.25) is 0 Å². The summed E-state index contributed by atoms with van der Waals surface area (Å²) >= 11 is 1.51. The van der Waals surface area contributed by atoms with Crippen molar-refractivity contribution in [2.45, 2.75) is 6.54 Å². The minimum Gasteiger partial charge on any atom is -0.442 e. The minimum absolute atomic E-state index is 0.274. The number of carbonyl (C=O) groups excluding carboxylic acids is 1. The number of hydrogen-bond acceptors (Lipinski definition) is 6. The maximum atomic E-state index is 12.7. The molecule has 0 spiro atoms. The first-order valence-electron chi connectivity index (χ1n) is 10.7. The predicted molar refractivity (Wildman–Crippen MR) is 128 cm³/mol.